The van der Waals surface area contributed by atoms with Crippen molar-refractivity contribution in [3.05, 3.63) is 29.3 Å². The van der Waals surface area contributed by atoms with Gasteiger partial charge in [0.05, 0.1) is 12.7 Å². The third-order valence-corrected chi connectivity index (χ3v) is 2.40. The number of halogens is 1. The zero-order chi connectivity index (χ0) is 12.0. The Morgan fingerprint density at radius 2 is 2.18 bits per heavy atom. The highest BCUT2D eigenvalue weighted by atomic mass is 35.5. The van der Waals surface area contributed by atoms with Gasteiger partial charge in [0.2, 0.25) is 0 Å². The zero-order valence-corrected chi connectivity index (χ0v) is 10.8. The number of methoxy groups -OCH3 is 1. The lowest BCUT2D eigenvalue weighted by Gasteiger charge is -2.09. The quantitative estimate of drug-likeness (QED) is 0.767. The second-order valence-corrected chi connectivity index (χ2v) is 3.54. The van der Waals surface area contributed by atoms with Gasteiger partial charge in [-0.3, -0.25) is 0 Å². The first-order chi connectivity index (χ1) is 7.69. The van der Waals surface area contributed by atoms with E-state index in [1.54, 1.807) is 25.3 Å². The van der Waals surface area contributed by atoms with Crippen LogP contribution in [-0.4, -0.2) is 31.8 Å². The SMILES string of the molecule is CNCCCc1cc(C(=O)O)ccc1OC.Cl. The van der Waals surface area contributed by atoms with Crippen molar-refractivity contribution in [3.63, 3.8) is 0 Å². The summed E-state index contributed by atoms with van der Waals surface area (Å²) in [4.78, 5) is 10.8. The van der Waals surface area contributed by atoms with Crippen molar-refractivity contribution < 1.29 is 14.6 Å². The van der Waals surface area contributed by atoms with E-state index in [4.69, 9.17) is 9.84 Å². The summed E-state index contributed by atoms with van der Waals surface area (Å²) in [7, 11) is 3.49. The van der Waals surface area contributed by atoms with E-state index < -0.39 is 5.97 Å². The molecule has 2 N–H and O–H groups in total. The molecule has 0 radical (unpaired) electrons. The summed E-state index contributed by atoms with van der Waals surface area (Å²) >= 11 is 0. The predicted molar refractivity (Wildman–Crippen MR) is 69.4 cm³/mol. The van der Waals surface area contributed by atoms with Gasteiger partial charge in [0, 0.05) is 0 Å². The standard InChI is InChI=1S/C12H17NO3.ClH/c1-13-7-3-4-9-8-10(12(14)15)5-6-11(9)16-2;/h5-6,8,13H,3-4,7H2,1-2H3,(H,14,15);1H. The van der Waals surface area contributed by atoms with Crippen molar-refractivity contribution >= 4 is 18.4 Å². The molecule has 0 aliphatic carbocycles. The molecule has 0 bridgehead atoms. The molecule has 0 atom stereocenters. The average molecular weight is 260 g/mol. The van der Waals surface area contributed by atoms with E-state index in [0.717, 1.165) is 30.7 Å². The fourth-order valence-electron chi connectivity index (χ4n) is 1.56. The Morgan fingerprint density at radius 1 is 1.47 bits per heavy atom. The first kappa shape index (κ1) is 15.7. The number of hydrogen-bond donors (Lipinski definition) is 2. The smallest absolute Gasteiger partial charge is 0.335 e. The molecule has 0 heterocycles. The molecule has 0 saturated carbocycles. The highest BCUT2D eigenvalue weighted by molar-refractivity contribution is 5.88. The fourth-order valence-corrected chi connectivity index (χ4v) is 1.56. The van der Waals surface area contributed by atoms with E-state index in [2.05, 4.69) is 5.32 Å². The fraction of sp³-hybridized carbons (Fsp3) is 0.417. The van der Waals surface area contributed by atoms with Crippen LogP contribution in [0.4, 0.5) is 0 Å². The van der Waals surface area contributed by atoms with E-state index in [0.29, 0.717) is 5.56 Å². The molecular formula is C12H18ClNO3. The third kappa shape index (κ3) is 4.63. The van der Waals surface area contributed by atoms with Gasteiger partial charge in [0.15, 0.2) is 0 Å². The van der Waals surface area contributed by atoms with Crippen molar-refractivity contribution in [2.75, 3.05) is 20.7 Å². The van der Waals surface area contributed by atoms with Gasteiger partial charge in [-0.05, 0) is 50.2 Å². The number of hydrogen-bond acceptors (Lipinski definition) is 3. The molecule has 0 aliphatic heterocycles. The van der Waals surface area contributed by atoms with Crippen LogP contribution < -0.4 is 10.1 Å². The minimum Gasteiger partial charge on any atom is -0.496 e. The number of aromatic carboxylic acids is 1. The van der Waals surface area contributed by atoms with E-state index in [1.165, 1.54) is 0 Å². The number of benzene rings is 1. The topological polar surface area (TPSA) is 58.6 Å². The molecule has 0 unspecified atom stereocenters. The van der Waals surface area contributed by atoms with Crippen LogP contribution >= 0.6 is 12.4 Å². The maximum atomic E-state index is 10.8. The van der Waals surface area contributed by atoms with Crippen molar-refractivity contribution in [2.45, 2.75) is 12.8 Å². The molecular weight excluding hydrogens is 242 g/mol. The maximum Gasteiger partial charge on any atom is 0.335 e. The molecule has 1 rings (SSSR count). The van der Waals surface area contributed by atoms with Crippen molar-refractivity contribution in [3.8, 4) is 5.75 Å². The van der Waals surface area contributed by atoms with Crippen molar-refractivity contribution in [2.24, 2.45) is 0 Å². The monoisotopic (exact) mass is 259 g/mol. The summed E-state index contributed by atoms with van der Waals surface area (Å²) in [6, 6.07) is 4.94. The summed E-state index contributed by atoms with van der Waals surface area (Å²) in [6.07, 6.45) is 1.76. The predicted octanol–water partition coefficient (Wildman–Crippen LogP) is 1.97. The lowest BCUT2D eigenvalue weighted by Crippen LogP contribution is -2.09. The molecule has 0 aliphatic rings. The second kappa shape index (κ2) is 7.92. The molecule has 0 spiro atoms. The summed E-state index contributed by atoms with van der Waals surface area (Å²) in [6.45, 7) is 0.903. The van der Waals surface area contributed by atoms with Crippen LogP contribution in [0.3, 0.4) is 0 Å². The van der Waals surface area contributed by atoms with Crippen molar-refractivity contribution in [1.29, 1.82) is 0 Å². The lowest BCUT2D eigenvalue weighted by atomic mass is 10.0. The molecule has 0 fully saturated rings. The Labute approximate surface area is 107 Å². The Bertz CT molecular complexity index is 369. The van der Waals surface area contributed by atoms with Gasteiger partial charge in [0.25, 0.3) is 0 Å². The van der Waals surface area contributed by atoms with Crippen LogP contribution in [0.5, 0.6) is 5.75 Å². The summed E-state index contributed by atoms with van der Waals surface area (Å²) < 4.78 is 5.20. The van der Waals surface area contributed by atoms with Crippen LogP contribution in [0.15, 0.2) is 18.2 Å². The summed E-state index contributed by atoms with van der Waals surface area (Å²) in [5.74, 6) is -0.154. The molecule has 96 valence electrons. The number of rotatable bonds is 6. The van der Waals surface area contributed by atoms with Gasteiger partial charge in [-0.2, -0.15) is 0 Å². The van der Waals surface area contributed by atoms with Crippen LogP contribution in [0.25, 0.3) is 0 Å². The van der Waals surface area contributed by atoms with E-state index in [-0.39, 0.29) is 12.4 Å². The van der Waals surface area contributed by atoms with Gasteiger partial charge in [-0.15, -0.1) is 12.4 Å². The first-order valence-corrected chi connectivity index (χ1v) is 5.24. The van der Waals surface area contributed by atoms with E-state index >= 15 is 0 Å². The van der Waals surface area contributed by atoms with Gasteiger partial charge < -0.3 is 15.2 Å². The summed E-state index contributed by atoms with van der Waals surface area (Å²) in [5.41, 5.74) is 1.25. The normalized spacial score (nSPS) is 9.53. The van der Waals surface area contributed by atoms with Gasteiger partial charge >= 0.3 is 5.97 Å². The van der Waals surface area contributed by atoms with Gasteiger partial charge in [-0.25, -0.2) is 4.79 Å². The Balaban J connectivity index is 0.00000256. The minimum absolute atomic E-state index is 0. The van der Waals surface area contributed by atoms with Crippen molar-refractivity contribution in [1.82, 2.24) is 5.32 Å². The minimum atomic E-state index is -0.905. The van der Waals surface area contributed by atoms with Crippen LogP contribution in [0.2, 0.25) is 0 Å². The molecule has 0 amide bonds. The van der Waals surface area contributed by atoms with Gasteiger partial charge in [0.1, 0.15) is 5.75 Å². The van der Waals surface area contributed by atoms with Crippen LogP contribution in [-0.2, 0) is 6.42 Å². The molecule has 4 nitrogen and oxygen atoms in total. The average Bonchev–Trinajstić information content (AvgIpc) is 2.29. The van der Waals surface area contributed by atoms with E-state index in [1.807, 2.05) is 7.05 Å². The molecule has 0 aromatic heterocycles. The highest BCUT2D eigenvalue weighted by Gasteiger charge is 2.08. The van der Waals surface area contributed by atoms with E-state index in [9.17, 15) is 4.79 Å². The molecule has 1 aromatic carbocycles. The van der Waals surface area contributed by atoms with Crippen LogP contribution in [0.1, 0.15) is 22.3 Å². The Kier molecular flexibility index (Phi) is 7.34. The first-order valence-electron chi connectivity index (χ1n) is 5.24. The molecule has 0 saturated heterocycles. The largest absolute Gasteiger partial charge is 0.496 e. The summed E-state index contributed by atoms with van der Waals surface area (Å²) in [5, 5.41) is 11.9. The number of ether oxygens (including phenoxy) is 1. The lowest BCUT2D eigenvalue weighted by molar-refractivity contribution is 0.0696. The van der Waals surface area contributed by atoms with Gasteiger partial charge in [-0.1, -0.05) is 0 Å². The van der Waals surface area contributed by atoms with Crippen LogP contribution in [0, 0.1) is 0 Å². The number of nitrogens with one attached hydrogen (secondary N) is 1. The second-order valence-electron chi connectivity index (χ2n) is 3.54. The zero-order valence-electron chi connectivity index (χ0n) is 10.0. The highest BCUT2D eigenvalue weighted by Crippen LogP contribution is 2.21. The third-order valence-electron chi connectivity index (χ3n) is 2.40. The Morgan fingerprint density at radius 3 is 2.71 bits per heavy atom. The number of carboxylic acids is 1. The molecule has 5 heteroatoms. The number of carboxylic acid groups (broad SMARTS) is 1. The Hall–Kier alpha value is -1.26. The number of aryl methyl sites for hydroxylation is 1. The molecule has 17 heavy (non-hydrogen) atoms. The maximum absolute atomic E-state index is 10.8. The molecule has 1 aromatic rings. The number of carbonyl (C=O) groups is 1.